The van der Waals surface area contributed by atoms with Crippen LogP contribution in [0, 0.1) is 0 Å². The predicted octanol–water partition coefficient (Wildman–Crippen LogP) is 2.44. The lowest BCUT2D eigenvalue weighted by Gasteiger charge is -2.28. The number of amides is 1. The van der Waals surface area contributed by atoms with Crippen molar-refractivity contribution in [2.24, 2.45) is 0 Å². The predicted molar refractivity (Wildman–Crippen MR) is 80.1 cm³/mol. The summed E-state index contributed by atoms with van der Waals surface area (Å²) >= 11 is 0. The molecule has 21 heavy (non-hydrogen) atoms. The van der Waals surface area contributed by atoms with Gasteiger partial charge in [0, 0.05) is 18.8 Å². The summed E-state index contributed by atoms with van der Waals surface area (Å²) in [5.41, 5.74) is 5.80. The minimum absolute atomic E-state index is 0.0208. The molecule has 0 aromatic carbocycles. The van der Waals surface area contributed by atoms with Crippen LogP contribution in [-0.2, 0) is 4.74 Å². The maximum atomic E-state index is 12.2. The molecule has 0 bridgehead atoms. The standard InChI is InChI=1S/C15H23N3O3/c1-15(2,3)21-14(19)18-8-4-5-11(18)10-20-13-6-7-17-9-12(13)16/h6-7,9,11H,4-5,8,10,16H2,1-3H3/t11-/m0/s1. The van der Waals surface area contributed by atoms with Gasteiger partial charge in [-0.1, -0.05) is 0 Å². The SMILES string of the molecule is CC(C)(C)OC(=O)N1CCC[C@H]1COc1ccncc1N. The van der Waals surface area contributed by atoms with Gasteiger partial charge in [0.1, 0.15) is 18.0 Å². The summed E-state index contributed by atoms with van der Waals surface area (Å²) in [5.74, 6) is 0.598. The summed E-state index contributed by atoms with van der Waals surface area (Å²) < 4.78 is 11.1. The molecule has 1 atom stereocenters. The van der Waals surface area contributed by atoms with E-state index in [1.54, 1.807) is 23.4 Å². The van der Waals surface area contributed by atoms with Crippen molar-refractivity contribution in [1.82, 2.24) is 9.88 Å². The summed E-state index contributed by atoms with van der Waals surface area (Å²) in [5, 5.41) is 0. The first-order chi connectivity index (χ1) is 9.87. The fourth-order valence-corrected chi connectivity index (χ4v) is 2.28. The fourth-order valence-electron chi connectivity index (χ4n) is 2.28. The van der Waals surface area contributed by atoms with Gasteiger partial charge in [-0.15, -0.1) is 0 Å². The zero-order valence-corrected chi connectivity index (χ0v) is 12.8. The number of rotatable bonds is 3. The van der Waals surface area contributed by atoms with Crippen LogP contribution in [0.4, 0.5) is 10.5 Å². The van der Waals surface area contributed by atoms with Crippen LogP contribution in [0.3, 0.4) is 0 Å². The Kier molecular flexibility index (Phi) is 4.55. The Morgan fingerprint density at radius 1 is 1.52 bits per heavy atom. The summed E-state index contributed by atoms with van der Waals surface area (Å²) in [6, 6.07) is 1.75. The van der Waals surface area contributed by atoms with Gasteiger partial charge in [0.05, 0.1) is 17.9 Å². The third-order valence-corrected chi connectivity index (χ3v) is 3.25. The molecule has 1 aliphatic rings. The van der Waals surface area contributed by atoms with Crippen LogP contribution in [-0.4, -0.2) is 40.8 Å². The number of likely N-dealkylation sites (tertiary alicyclic amines) is 1. The van der Waals surface area contributed by atoms with Crippen LogP contribution in [0.15, 0.2) is 18.5 Å². The summed E-state index contributed by atoms with van der Waals surface area (Å²) in [6.45, 7) is 6.71. The summed E-state index contributed by atoms with van der Waals surface area (Å²) in [7, 11) is 0. The average Bonchev–Trinajstić information content (AvgIpc) is 2.84. The largest absolute Gasteiger partial charge is 0.489 e. The molecule has 0 aliphatic carbocycles. The maximum absolute atomic E-state index is 12.2. The molecule has 1 aliphatic heterocycles. The molecule has 0 spiro atoms. The van der Waals surface area contributed by atoms with E-state index in [4.69, 9.17) is 15.2 Å². The van der Waals surface area contributed by atoms with Gasteiger partial charge >= 0.3 is 6.09 Å². The Morgan fingerprint density at radius 3 is 2.95 bits per heavy atom. The summed E-state index contributed by atoms with van der Waals surface area (Å²) in [6.07, 6.45) is 4.77. The van der Waals surface area contributed by atoms with Crippen molar-refractivity contribution >= 4 is 11.8 Å². The van der Waals surface area contributed by atoms with Gasteiger partial charge in [0.15, 0.2) is 0 Å². The van der Waals surface area contributed by atoms with Gasteiger partial charge in [-0.2, -0.15) is 0 Å². The zero-order valence-electron chi connectivity index (χ0n) is 12.8. The first-order valence-electron chi connectivity index (χ1n) is 7.19. The monoisotopic (exact) mass is 293 g/mol. The van der Waals surface area contributed by atoms with Crippen molar-refractivity contribution in [3.05, 3.63) is 18.5 Å². The molecule has 6 heteroatoms. The van der Waals surface area contributed by atoms with Crippen molar-refractivity contribution in [3.8, 4) is 5.75 Å². The quantitative estimate of drug-likeness (QED) is 0.926. The van der Waals surface area contributed by atoms with E-state index in [2.05, 4.69) is 4.98 Å². The van der Waals surface area contributed by atoms with Crippen LogP contribution in [0.5, 0.6) is 5.75 Å². The van der Waals surface area contributed by atoms with Gasteiger partial charge in [-0.05, 0) is 33.6 Å². The molecule has 2 rings (SSSR count). The molecule has 0 radical (unpaired) electrons. The lowest BCUT2D eigenvalue weighted by atomic mass is 10.2. The highest BCUT2D eigenvalue weighted by Crippen LogP contribution is 2.24. The van der Waals surface area contributed by atoms with Crippen molar-refractivity contribution in [2.45, 2.75) is 45.3 Å². The number of hydrogen-bond acceptors (Lipinski definition) is 5. The first kappa shape index (κ1) is 15.4. The third-order valence-electron chi connectivity index (χ3n) is 3.25. The molecular weight excluding hydrogens is 270 g/mol. The van der Waals surface area contributed by atoms with E-state index < -0.39 is 5.60 Å². The van der Waals surface area contributed by atoms with E-state index >= 15 is 0 Å². The van der Waals surface area contributed by atoms with Gasteiger partial charge in [0.2, 0.25) is 0 Å². The average molecular weight is 293 g/mol. The second-order valence-corrected chi connectivity index (χ2v) is 6.19. The van der Waals surface area contributed by atoms with Gasteiger partial charge in [0.25, 0.3) is 0 Å². The molecule has 0 saturated carbocycles. The minimum Gasteiger partial charge on any atom is -0.489 e. The van der Waals surface area contributed by atoms with E-state index in [0.29, 0.717) is 24.6 Å². The van der Waals surface area contributed by atoms with E-state index in [-0.39, 0.29) is 12.1 Å². The first-order valence-corrected chi connectivity index (χ1v) is 7.19. The number of carbonyl (C=O) groups excluding carboxylic acids is 1. The Labute approximate surface area is 125 Å². The Hall–Kier alpha value is -1.98. The van der Waals surface area contributed by atoms with Crippen molar-refractivity contribution in [1.29, 1.82) is 0 Å². The molecule has 0 unspecified atom stereocenters. The smallest absolute Gasteiger partial charge is 0.410 e. The molecule has 6 nitrogen and oxygen atoms in total. The number of nitrogens with two attached hydrogens (primary N) is 1. The van der Waals surface area contributed by atoms with Crippen molar-refractivity contribution in [3.63, 3.8) is 0 Å². The highest BCUT2D eigenvalue weighted by molar-refractivity contribution is 5.69. The molecule has 116 valence electrons. The maximum Gasteiger partial charge on any atom is 0.410 e. The molecule has 2 heterocycles. The number of nitrogens with zero attached hydrogens (tertiary/aromatic N) is 2. The molecular formula is C15H23N3O3. The summed E-state index contributed by atoms with van der Waals surface area (Å²) in [4.78, 5) is 17.8. The normalized spacial score (nSPS) is 18.6. The lowest BCUT2D eigenvalue weighted by molar-refractivity contribution is 0.0188. The number of aromatic nitrogens is 1. The lowest BCUT2D eigenvalue weighted by Crippen LogP contribution is -2.42. The van der Waals surface area contributed by atoms with Crippen LogP contribution >= 0.6 is 0 Å². The Morgan fingerprint density at radius 2 is 2.29 bits per heavy atom. The second kappa shape index (κ2) is 6.20. The molecule has 1 amide bonds. The topological polar surface area (TPSA) is 77.7 Å². The molecule has 2 N–H and O–H groups in total. The van der Waals surface area contributed by atoms with E-state index in [1.807, 2.05) is 20.8 Å². The molecule has 1 saturated heterocycles. The van der Waals surface area contributed by atoms with Crippen LogP contribution in [0.2, 0.25) is 0 Å². The highest BCUT2D eigenvalue weighted by Gasteiger charge is 2.32. The van der Waals surface area contributed by atoms with Gasteiger partial charge < -0.3 is 20.1 Å². The fraction of sp³-hybridized carbons (Fsp3) is 0.600. The Bertz CT molecular complexity index is 499. The number of hydrogen-bond donors (Lipinski definition) is 1. The zero-order chi connectivity index (χ0) is 15.5. The minimum atomic E-state index is -0.486. The van der Waals surface area contributed by atoms with E-state index in [9.17, 15) is 4.79 Å². The molecule has 1 fully saturated rings. The van der Waals surface area contributed by atoms with Crippen LogP contribution < -0.4 is 10.5 Å². The molecule has 1 aromatic rings. The van der Waals surface area contributed by atoms with Gasteiger partial charge in [-0.3, -0.25) is 4.98 Å². The van der Waals surface area contributed by atoms with Crippen molar-refractivity contribution in [2.75, 3.05) is 18.9 Å². The number of anilines is 1. The number of ether oxygens (including phenoxy) is 2. The highest BCUT2D eigenvalue weighted by atomic mass is 16.6. The molecule has 1 aromatic heterocycles. The Balaban J connectivity index is 1.93. The van der Waals surface area contributed by atoms with E-state index in [0.717, 1.165) is 12.8 Å². The van der Waals surface area contributed by atoms with Gasteiger partial charge in [-0.25, -0.2) is 4.79 Å². The van der Waals surface area contributed by atoms with E-state index in [1.165, 1.54) is 0 Å². The number of nitrogen functional groups attached to an aromatic ring is 1. The second-order valence-electron chi connectivity index (χ2n) is 6.19. The van der Waals surface area contributed by atoms with Crippen LogP contribution in [0.1, 0.15) is 33.6 Å². The van der Waals surface area contributed by atoms with Crippen molar-refractivity contribution < 1.29 is 14.3 Å². The number of carbonyl (C=O) groups is 1. The number of pyridine rings is 1. The van der Waals surface area contributed by atoms with Crippen LogP contribution in [0.25, 0.3) is 0 Å². The third kappa shape index (κ3) is 4.24.